The largest absolute Gasteiger partial charge is 0.459 e. The van der Waals surface area contributed by atoms with Crippen molar-refractivity contribution < 1.29 is 33.3 Å². The number of aliphatic hydroxyl groups excluding tert-OH is 1. The number of alkyl halides is 1. The molecule has 0 spiro atoms. The molecule has 0 radical (unpaired) electrons. The quantitative estimate of drug-likeness (QED) is 0.415. The first-order valence-electron chi connectivity index (χ1n) is 11.3. The molecule has 0 saturated carbocycles. The topological polar surface area (TPSA) is 82.1 Å². The Morgan fingerprint density at radius 2 is 1.31 bits per heavy atom. The Kier molecular flexibility index (Phi) is 6.44. The third-order valence-corrected chi connectivity index (χ3v) is 6.16. The van der Waals surface area contributed by atoms with Gasteiger partial charge in [-0.2, -0.15) is 0 Å². The van der Waals surface area contributed by atoms with Crippen molar-refractivity contribution in [1.29, 1.82) is 0 Å². The van der Waals surface area contributed by atoms with Crippen molar-refractivity contribution in [3.63, 3.8) is 0 Å². The van der Waals surface area contributed by atoms with E-state index < -0.39 is 43.0 Å². The number of hydrogen-bond acceptors (Lipinski definition) is 6. The van der Waals surface area contributed by atoms with E-state index in [-0.39, 0.29) is 12.2 Å². The zero-order valence-corrected chi connectivity index (χ0v) is 18.7. The predicted molar refractivity (Wildman–Crippen MR) is 128 cm³/mol. The van der Waals surface area contributed by atoms with Gasteiger partial charge in [0, 0.05) is 0 Å². The van der Waals surface area contributed by atoms with E-state index in [9.17, 15) is 19.1 Å². The van der Waals surface area contributed by atoms with Crippen LogP contribution in [0.4, 0.5) is 4.39 Å². The van der Waals surface area contributed by atoms with Gasteiger partial charge in [-0.25, -0.2) is 14.0 Å². The van der Waals surface area contributed by atoms with E-state index in [0.29, 0.717) is 5.56 Å². The fourth-order valence-electron chi connectivity index (χ4n) is 4.28. The van der Waals surface area contributed by atoms with Crippen LogP contribution >= 0.6 is 0 Å². The molecular formula is C28H23FO6. The predicted octanol–water partition coefficient (Wildman–Crippen LogP) is 4.47. The van der Waals surface area contributed by atoms with Crippen LogP contribution in [-0.2, 0) is 14.2 Å². The van der Waals surface area contributed by atoms with Crippen LogP contribution in [0.2, 0.25) is 0 Å². The summed E-state index contributed by atoms with van der Waals surface area (Å²) in [7, 11) is 0. The Bertz CT molecular complexity index is 1390. The molecule has 4 atom stereocenters. The highest BCUT2D eigenvalue weighted by Gasteiger charge is 2.48. The molecule has 5 rings (SSSR count). The number of esters is 2. The molecule has 1 heterocycles. The molecule has 178 valence electrons. The number of rotatable bonds is 6. The summed E-state index contributed by atoms with van der Waals surface area (Å²) >= 11 is 0. The van der Waals surface area contributed by atoms with Crippen molar-refractivity contribution in [2.24, 2.45) is 0 Å². The molecule has 0 aliphatic carbocycles. The van der Waals surface area contributed by atoms with Gasteiger partial charge >= 0.3 is 11.9 Å². The summed E-state index contributed by atoms with van der Waals surface area (Å²) in [6, 6.07) is 25.3. The highest BCUT2D eigenvalue weighted by molar-refractivity contribution is 5.96. The Hall–Kier alpha value is -3.81. The van der Waals surface area contributed by atoms with Crippen molar-refractivity contribution in [3.05, 3.63) is 96.1 Å². The fourth-order valence-corrected chi connectivity index (χ4v) is 4.28. The lowest BCUT2D eigenvalue weighted by Crippen LogP contribution is -2.37. The van der Waals surface area contributed by atoms with E-state index >= 15 is 0 Å². The van der Waals surface area contributed by atoms with Crippen molar-refractivity contribution in [2.75, 3.05) is 13.2 Å². The lowest BCUT2D eigenvalue weighted by Gasteiger charge is -2.20. The summed E-state index contributed by atoms with van der Waals surface area (Å²) in [5.74, 6) is -1.33. The van der Waals surface area contributed by atoms with Gasteiger partial charge in [-0.05, 0) is 45.8 Å². The summed E-state index contributed by atoms with van der Waals surface area (Å²) in [6.07, 6.45) is -5.35. The molecule has 1 aliphatic rings. The SMILES string of the molecule is O=C(OCC1OC(CO)[C@@H](F)[C@@H]1OC(=O)c1ccc2ccccc2c1)c1ccc2ccccc2c1. The monoisotopic (exact) mass is 474 g/mol. The minimum absolute atomic E-state index is 0.259. The van der Waals surface area contributed by atoms with E-state index in [2.05, 4.69) is 0 Å². The summed E-state index contributed by atoms with van der Waals surface area (Å²) in [5.41, 5.74) is 0.595. The maximum atomic E-state index is 15.0. The number of fused-ring (bicyclic) bond motifs is 2. The van der Waals surface area contributed by atoms with Gasteiger partial charge in [-0.3, -0.25) is 0 Å². The minimum atomic E-state index is -1.77. The van der Waals surface area contributed by atoms with E-state index in [4.69, 9.17) is 14.2 Å². The summed E-state index contributed by atoms with van der Waals surface area (Å²) in [4.78, 5) is 25.4. The zero-order valence-electron chi connectivity index (χ0n) is 18.7. The number of hydrogen-bond donors (Lipinski definition) is 1. The van der Waals surface area contributed by atoms with Gasteiger partial charge in [0.25, 0.3) is 0 Å². The Morgan fingerprint density at radius 1 is 0.771 bits per heavy atom. The molecule has 35 heavy (non-hydrogen) atoms. The first-order valence-corrected chi connectivity index (χ1v) is 11.3. The van der Waals surface area contributed by atoms with Gasteiger partial charge in [0.15, 0.2) is 12.3 Å². The standard InChI is InChI=1S/C28H23FO6/c29-25-23(15-30)34-24(16-33-27(31)21-11-9-17-5-1-3-7-19(17)13-21)26(25)35-28(32)22-12-10-18-6-2-4-8-20(18)14-22/h1-14,23-26,30H,15-16H2/t23?,24?,25-,26-/m1/s1. The van der Waals surface area contributed by atoms with Gasteiger partial charge in [0.1, 0.15) is 18.8 Å². The molecule has 1 N–H and O–H groups in total. The first-order chi connectivity index (χ1) is 17.0. The Labute approximate surface area is 200 Å². The fraction of sp³-hybridized carbons (Fsp3) is 0.214. The summed E-state index contributed by atoms with van der Waals surface area (Å²) in [6.45, 7) is -0.932. The number of benzene rings is 4. The molecule has 4 aromatic carbocycles. The normalized spacial score (nSPS) is 21.8. The average Bonchev–Trinajstić information content (AvgIpc) is 3.20. The molecule has 0 aromatic heterocycles. The number of halogens is 1. The van der Waals surface area contributed by atoms with Gasteiger partial charge < -0.3 is 19.3 Å². The molecular weight excluding hydrogens is 451 g/mol. The van der Waals surface area contributed by atoms with E-state index in [1.807, 2.05) is 54.6 Å². The van der Waals surface area contributed by atoms with Crippen LogP contribution in [0.5, 0.6) is 0 Å². The Balaban J connectivity index is 1.29. The smallest absolute Gasteiger partial charge is 0.338 e. The number of carbonyl (C=O) groups excluding carboxylic acids is 2. The summed E-state index contributed by atoms with van der Waals surface area (Å²) in [5, 5.41) is 13.1. The Morgan fingerprint density at radius 3 is 1.89 bits per heavy atom. The van der Waals surface area contributed by atoms with Crippen LogP contribution < -0.4 is 0 Å². The lowest BCUT2D eigenvalue weighted by molar-refractivity contribution is -0.0503. The molecule has 1 saturated heterocycles. The van der Waals surface area contributed by atoms with E-state index in [0.717, 1.165) is 21.5 Å². The molecule has 0 bridgehead atoms. The second-order valence-electron chi connectivity index (χ2n) is 8.43. The maximum Gasteiger partial charge on any atom is 0.338 e. The van der Waals surface area contributed by atoms with Crippen LogP contribution in [0.3, 0.4) is 0 Å². The molecule has 4 aromatic rings. The number of carbonyl (C=O) groups is 2. The molecule has 0 amide bonds. The molecule has 7 heteroatoms. The number of aliphatic hydroxyl groups is 1. The van der Waals surface area contributed by atoms with Crippen LogP contribution in [0.25, 0.3) is 21.5 Å². The van der Waals surface area contributed by atoms with Crippen molar-refractivity contribution in [1.82, 2.24) is 0 Å². The van der Waals surface area contributed by atoms with E-state index in [1.54, 1.807) is 30.3 Å². The van der Waals surface area contributed by atoms with Gasteiger partial charge in [-0.1, -0.05) is 60.7 Å². The van der Waals surface area contributed by atoms with Crippen molar-refractivity contribution in [3.8, 4) is 0 Å². The van der Waals surface area contributed by atoms with Crippen molar-refractivity contribution >= 4 is 33.5 Å². The van der Waals surface area contributed by atoms with Gasteiger partial charge in [0.05, 0.1) is 17.7 Å². The molecule has 1 aliphatic heterocycles. The lowest BCUT2D eigenvalue weighted by atomic mass is 10.1. The third-order valence-electron chi connectivity index (χ3n) is 6.16. The van der Waals surface area contributed by atoms with Crippen LogP contribution in [-0.4, -0.2) is 54.7 Å². The van der Waals surface area contributed by atoms with Gasteiger partial charge in [0.2, 0.25) is 0 Å². The maximum absolute atomic E-state index is 15.0. The van der Waals surface area contributed by atoms with E-state index in [1.165, 1.54) is 0 Å². The highest BCUT2D eigenvalue weighted by atomic mass is 19.1. The van der Waals surface area contributed by atoms with Crippen LogP contribution in [0, 0.1) is 0 Å². The van der Waals surface area contributed by atoms with Crippen LogP contribution in [0.15, 0.2) is 84.9 Å². The highest BCUT2D eigenvalue weighted by Crippen LogP contribution is 2.29. The minimum Gasteiger partial charge on any atom is -0.459 e. The van der Waals surface area contributed by atoms with Gasteiger partial charge in [-0.15, -0.1) is 0 Å². The second kappa shape index (κ2) is 9.82. The van der Waals surface area contributed by atoms with Crippen LogP contribution in [0.1, 0.15) is 20.7 Å². The molecule has 1 fully saturated rings. The second-order valence-corrected chi connectivity index (χ2v) is 8.43. The molecule has 2 unspecified atom stereocenters. The van der Waals surface area contributed by atoms with Crippen molar-refractivity contribution in [2.45, 2.75) is 24.5 Å². The molecule has 6 nitrogen and oxygen atoms in total. The zero-order chi connectivity index (χ0) is 24.4. The summed E-state index contributed by atoms with van der Waals surface area (Å²) < 4.78 is 31.3. The first kappa shape index (κ1) is 23.0. The average molecular weight is 474 g/mol. The number of ether oxygens (including phenoxy) is 3. The third kappa shape index (κ3) is 4.73.